The Bertz CT molecular complexity index is 541. The van der Waals surface area contributed by atoms with Crippen molar-refractivity contribution in [3.05, 3.63) is 65.4 Å². The van der Waals surface area contributed by atoms with Crippen LogP contribution in [0.5, 0.6) is 0 Å². The Kier molecular flexibility index (Phi) is 5.41. The average molecular weight is 297 g/mol. The lowest BCUT2D eigenvalue weighted by atomic mass is 9.84. The van der Waals surface area contributed by atoms with Gasteiger partial charge in [-0.2, -0.15) is 0 Å². The zero-order valence-corrected chi connectivity index (χ0v) is 14.8. The molecule has 1 heteroatoms. The molecule has 0 nitrogen and oxygen atoms in total. The van der Waals surface area contributed by atoms with Gasteiger partial charge in [0.1, 0.15) is 0 Å². The zero-order chi connectivity index (χ0) is 15.3. The van der Waals surface area contributed by atoms with Gasteiger partial charge < -0.3 is 0 Å². The maximum atomic E-state index is 3.98. The molecule has 1 aliphatic rings. The smallest absolute Gasteiger partial charge is 0.0690 e. The van der Waals surface area contributed by atoms with Crippen molar-refractivity contribution in [2.24, 2.45) is 0 Å². The fourth-order valence-corrected chi connectivity index (χ4v) is 4.52. The van der Waals surface area contributed by atoms with Crippen LogP contribution in [0.3, 0.4) is 0 Å². The molecule has 1 saturated carbocycles. The van der Waals surface area contributed by atoms with Crippen molar-refractivity contribution < 1.29 is 0 Å². The van der Waals surface area contributed by atoms with Gasteiger partial charge in [-0.1, -0.05) is 67.3 Å². The molecule has 0 spiro atoms. The van der Waals surface area contributed by atoms with E-state index in [0.717, 1.165) is 6.42 Å². The van der Waals surface area contributed by atoms with E-state index < -0.39 is 8.07 Å². The first kappa shape index (κ1) is 16.0. The molecule has 1 fully saturated rings. The van der Waals surface area contributed by atoms with E-state index in [-0.39, 0.29) is 0 Å². The number of hydrogen-bond acceptors (Lipinski definition) is 0. The van der Waals surface area contributed by atoms with Crippen molar-refractivity contribution in [3.63, 3.8) is 0 Å². The van der Waals surface area contributed by atoms with Gasteiger partial charge in [0.25, 0.3) is 0 Å². The van der Waals surface area contributed by atoms with E-state index >= 15 is 0 Å². The lowest BCUT2D eigenvalue weighted by Crippen LogP contribution is -2.18. The largest absolute Gasteiger partial charge is 0.103 e. The van der Waals surface area contributed by atoms with Crippen LogP contribution in [0.1, 0.15) is 37.7 Å². The molecule has 21 heavy (non-hydrogen) atoms. The Hall–Kier alpha value is -1.34. The van der Waals surface area contributed by atoms with E-state index in [2.05, 4.69) is 68.3 Å². The highest BCUT2D eigenvalue weighted by Gasteiger charge is 2.19. The van der Waals surface area contributed by atoms with Crippen LogP contribution in [0, 0.1) is 0 Å². The SMILES string of the molecule is C=CC/C(=C1/CCCC/C1=C\[Si](C)(C)C)c1ccccc1. The van der Waals surface area contributed by atoms with Gasteiger partial charge in [-0.25, -0.2) is 0 Å². The van der Waals surface area contributed by atoms with E-state index in [4.69, 9.17) is 0 Å². The summed E-state index contributed by atoms with van der Waals surface area (Å²) >= 11 is 0. The van der Waals surface area contributed by atoms with E-state index in [1.165, 1.54) is 36.8 Å². The van der Waals surface area contributed by atoms with Crippen molar-refractivity contribution in [2.75, 3.05) is 0 Å². The molecular weight excluding hydrogens is 268 g/mol. The highest BCUT2D eigenvalue weighted by molar-refractivity contribution is 6.81. The number of rotatable bonds is 4. The van der Waals surface area contributed by atoms with Gasteiger partial charge >= 0.3 is 0 Å². The molecule has 0 saturated heterocycles. The van der Waals surface area contributed by atoms with Gasteiger partial charge in [-0.15, -0.1) is 6.58 Å². The highest BCUT2D eigenvalue weighted by Crippen LogP contribution is 2.37. The standard InChI is InChI=1S/C20H28Si/c1-5-11-19(17-12-7-6-8-13-17)20-15-10-9-14-18(20)16-21(2,3)4/h5-8,12-13,16H,1,9-11,14-15H2,2-4H3/b18-16+,20-19+. The van der Waals surface area contributed by atoms with Crippen LogP contribution in [0.25, 0.3) is 5.57 Å². The lowest BCUT2D eigenvalue weighted by molar-refractivity contribution is 0.680. The van der Waals surface area contributed by atoms with E-state index in [9.17, 15) is 0 Å². The van der Waals surface area contributed by atoms with E-state index in [1.807, 2.05) is 0 Å². The minimum atomic E-state index is -1.18. The van der Waals surface area contributed by atoms with Crippen molar-refractivity contribution in [3.8, 4) is 0 Å². The summed E-state index contributed by atoms with van der Waals surface area (Å²) in [5.74, 6) is 0. The predicted octanol–water partition coefficient (Wildman–Crippen LogP) is 6.39. The molecule has 1 aromatic carbocycles. The molecule has 0 bridgehead atoms. The second kappa shape index (κ2) is 7.08. The molecule has 0 aromatic heterocycles. The fraction of sp³-hybridized carbons (Fsp3) is 0.400. The molecule has 0 unspecified atom stereocenters. The molecule has 0 heterocycles. The Labute approximate surface area is 131 Å². The van der Waals surface area contributed by atoms with Crippen LogP contribution in [0.4, 0.5) is 0 Å². The summed E-state index contributed by atoms with van der Waals surface area (Å²) in [4.78, 5) is 0. The normalized spacial score (nSPS) is 20.4. The summed E-state index contributed by atoms with van der Waals surface area (Å²) in [6, 6.07) is 10.9. The second-order valence-corrected chi connectivity index (χ2v) is 12.1. The summed E-state index contributed by atoms with van der Waals surface area (Å²) < 4.78 is 0. The summed E-state index contributed by atoms with van der Waals surface area (Å²) in [5, 5.41) is 0. The molecular formula is C20H28Si. The van der Waals surface area contributed by atoms with Crippen LogP contribution in [0.15, 0.2) is 59.8 Å². The Balaban J connectivity index is 2.52. The van der Waals surface area contributed by atoms with Gasteiger partial charge in [0.05, 0.1) is 8.07 Å². The monoisotopic (exact) mass is 296 g/mol. The third kappa shape index (κ3) is 4.57. The van der Waals surface area contributed by atoms with Crippen molar-refractivity contribution in [1.82, 2.24) is 0 Å². The van der Waals surface area contributed by atoms with E-state index in [0.29, 0.717) is 0 Å². The van der Waals surface area contributed by atoms with Crippen molar-refractivity contribution in [1.29, 1.82) is 0 Å². The first-order valence-corrected chi connectivity index (χ1v) is 11.7. The van der Waals surface area contributed by atoms with Crippen molar-refractivity contribution >= 4 is 13.6 Å². The van der Waals surface area contributed by atoms with Crippen LogP contribution in [0.2, 0.25) is 19.6 Å². The number of hydrogen-bond donors (Lipinski definition) is 0. The summed E-state index contributed by atoms with van der Waals surface area (Å²) in [7, 11) is -1.18. The minimum Gasteiger partial charge on any atom is -0.103 e. The maximum absolute atomic E-state index is 3.98. The summed E-state index contributed by atoms with van der Waals surface area (Å²) in [6.45, 7) is 11.3. The van der Waals surface area contributed by atoms with Crippen LogP contribution >= 0.6 is 0 Å². The molecule has 2 rings (SSSR count). The Morgan fingerprint density at radius 2 is 1.76 bits per heavy atom. The molecule has 1 aliphatic carbocycles. The van der Waals surface area contributed by atoms with Gasteiger partial charge in [0.15, 0.2) is 0 Å². The quantitative estimate of drug-likeness (QED) is 0.446. The minimum absolute atomic E-state index is 0.975. The van der Waals surface area contributed by atoms with Crippen LogP contribution in [-0.2, 0) is 0 Å². The molecule has 0 N–H and O–H groups in total. The molecule has 0 atom stereocenters. The van der Waals surface area contributed by atoms with Gasteiger partial charge in [-0.3, -0.25) is 0 Å². The second-order valence-electron chi connectivity index (χ2n) is 7.06. The van der Waals surface area contributed by atoms with E-state index in [1.54, 1.807) is 11.1 Å². The maximum Gasteiger partial charge on any atom is 0.0690 e. The van der Waals surface area contributed by atoms with Crippen LogP contribution in [-0.4, -0.2) is 8.07 Å². The fourth-order valence-electron chi connectivity index (χ4n) is 3.15. The lowest BCUT2D eigenvalue weighted by Gasteiger charge is -2.25. The van der Waals surface area contributed by atoms with Gasteiger partial charge in [0.2, 0.25) is 0 Å². The van der Waals surface area contributed by atoms with Crippen LogP contribution < -0.4 is 0 Å². The third-order valence-corrected chi connectivity index (χ3v) is 5.17. The summed E-state index contributed by atoms with van der Waals surface area (Å²) in [6.07, 6.45) is 8.18. The first-order valence-electron chi connectivity index (χ1n) is 8.12. The summed E-state index contributed by atoms with van der Waals surface area (Å²) in [5.41, 5.74) is 8.72. The van der Waals surface area contributed by atoms with Gasteiger partial charge in [-0.05, 0) is 48.8 Å². The molecule has 0 aliphatic heterocycles. The van der Waals surface area contributed by atoms with Gasteiger partial charge in [0, 0.05) is 0 Å². The Morgan fingerprint density at radius 3 is 2.38 bits per heavy atom. The molecule has 0 radical (unpaired) electrons. The molecule has 112 valence electrons. The molecule has 0 amide bonds. The van der Waals surface area contributed by atoms with Crippen molar-refractivity contribution in [2.45, 2.75) is 51.7 Å². The highest BCUT2D eigenvalue weighted by atomic mass is 28.3. The third-order valence-electron chi connectivity index (χ3n) is 3.95. The number of allylic oxidation sites excluding steroid dienone is 4. The molecule has 1 aromatic rings. The average Bonchev–Trinajstić information content (AvgIpc) is 2.45. The predicted molar refractivity (Wildman–Crippen MR) is 98.1 cm³/mol. The first-order chi connectivity index (χ1) is 10.0. The zero-order valence-electron chi connectivity index (χ0n) is 13.8. The Morgan fingerprint density at radius 1 is 1.10 bits per heavy atom. The number of benzene rings is 1. The topological polar surface area (TPSA) is 0 Å².